The zero-order chi connectivity index (χ0) is 19.9. The van der Waals surface area contributed by atoms with Crippen molar-refractivity contribution in [2.24, 2.45) is 4.99 Å². The first kappa shape index (κ1) is 19.2. The van der Waals surface area contributed by atoms with Gasteiger partial charge in [0.25, 0.3) is 0 Å². The smallest absolute Gasteiger partial charge is 0.206 e. The van der Waals surface area contributed by atoms with Crippen LogP contribution < -0.4 is 10.1 Å². The van der Waals surface area contributed by atoms with Crippen molar-refractivity contribution in [1.29, 1.82) is 0 Å². The minimum absolute atomic E-state index is 0.0403. The van der Waals surface area contributed by atoms with E-state index in [4.69, 9.17) is 9.73 Å². The summed E-state index contributed by atoms with van der Waals surface area (Å²) >= 11 is 3.27. The Labute approximate surface area is 173 Å². The number of aliphatic imine (C=N–C) groups is 1. The van der Waals surface area contributed by atoms with Crippen molar-refractivity contribution in [3.05, 3.63) is 52.7 Å². The monoisotopic (exact) mass is 416 g/mol. The number of rotatable bonds is 3. The van der Waals surface area contributed by atoms with E-state index in [2.05, 4.69) is 37.2 Å². The van der Waals surface area contributed by atoms with Gasteiger partial charge in [0.15, 0.2) is 16.7 Å². The number of phenols is 2. The Morgan fingerprint density at radius 1 is 1.39 bits per heavy atom. The molecule has 3 N–H and O–H groups in total. The Kier molecular flexibility index (Phi) is 4.83. The summed E-state index contributed by atoms with van der Waals surface area (Å²) in [6.45, 7) is 8.04. The molecule has 3 heterocycles. The van der Waals surface area contributed by atoms with E-state index >= 15 is 0 Å². The molecule has 0 aliphatic carbocycles. The molecule has 0 amide bonds. The van der Waals surface area contributed by atoms with Crippen molar-refractivity contribution in [3.63, 3.8) is 0 Å². The summed E-state index contributed by atoms with van der Waals surface area (Å²) in [7, 11) is 0. The molecule has 0 saturated carbocycles. The molecule has 0 fully saturated rings. The van der Waals surface area contributed by atoms with Gasteiger partial charge in [-0.15, -0.1) is 17.9 Å². The van der Waals surface area contributed by atoms with Gasteiger partial charge in [0.1, 0.15) is 0 Å². The molecule has 0 bridgehead atoms. The maximum Gasteiger partial charge on any atom is 0.206 e. The van der Waals surface area contributed by atoms with Crippen LogP contribution in [0, 0.1) is 0 Å². The highest BCUT2D eigenvalue weighted by Crippen LogP contribution is 2.54. The molecule has 2 aromatic rings. The number of phenolic OH excluding ortho intramolecular Hbond substituents is 2. The molecule has 4 rings (SSSR count). The van der Waals surface area contributed by atoms with Gasteiger partial charge in [-0.1, -0.05) is 30.0 Å². The lowest BCUT2D eigenvalue weighted by Crippen LogP contribution is -2.57. The van der Waals surface area contributed by atoms with Crippen LogP contribution in [-0.4, -0.2) is 32.4 Å². The number of thiophene rings is 1. The lowest BCUT2D eigenvalue weighted by molar-refractivity contribution is 0.0111. The minimum Gasteiger partial charge on any atom is -0.504 e. The van der Waals surface area contributed by atoms with Crippen LogP contribution in [0.15, 0.2) is 47.3 Å². The third kappa shape index (κ3) is 3.49. The predicted molar refractivity (Wildman–Crippen MR) is 116 cm³/mol. The van der Waals surface area contributed by atoms with Gasteiger partial charge >= 0.3 is 0 Å². The van der Waals surface area contributed by atoms with Crippen LogP contribution in [0.5, 0.6) is 17.2 Å². The number of nitrogens with zero attached hydrogens (tertiary/aromatic N) is 1. The van der Waals surface area contributed by atoms with E-state index < -0.39 is 5.72 Å². The molecule has 2 aliphatic heterocycles. The molecule has 0 saturated heterocycles. The number of benzene rings is 1. The molecular weight excluding hydrogens is 392 g/mol. The standard InChI is InChI=1S/C21H24N2O3S2/c1-4-9-28-19-22-20(2,3)12-21(23-19)11-14(16-6-5-10-27-16)13-7-8-15(24)17(25)18(13)26-21/h4-8,10,14,24-25H,1,9,11-12H2,2-3H3,(H,22,23). The minimum atomic E-state index is -0.814. The van der Waals surface area contributed by atoms with Crippen LogP contribution in [-0.2, 0) is 0 Å². The van der Waals surface area contributed by atoms with Crippen LogP contribution in [0.4, 0.5) is 0 Å². The molecule has 28 heavy (non-hydrogen) atoms. The van der Waals surface area contributed by atoms with Crippen LogP contribution in [0.25, 0.3) is 0 Å². The van der Waals surface area contributed by atoms with Crippen LogP contribution in [0.1, 0.15) is 43.0 Å². The van der Waals surface area contributed by atoms with Crippen molar-refractivity contribution >= 4 is 28.3 Å². The number of ether oxygens (including phenoxy) is 1. The summed E-state index contributed by atoms with van der Waals surface area (Å²) in [4.78, 5) is 6.14. The maximum absolute atomic E-state index is 10.6. The highest BCUT2D eigenvalue weighted by atomic mass is 32.2. The molecule has 1 spiro atoms. The zero-order valence-corrected chi connectivity index (χ0v) is 17.6. The number of fused-ring (bicyclic) bond motifs is 1. The van der Waals surface area contributed by atoms with Gasteiger partial charge in [0, 0.05) is 40.5 Å². The maximum atomic E-state index is 10.6. The van der Waals surface area contributed by atoms with Gasteiger partial charge in [0.05, 0.1) is 0 Å². The van der Waals surface area contributed by atoms with E-state index in [9.17, 15) is 10.2 Å². The molecular formula is C21H24N2O3S2. The van der Waals surface area contributed by atoms with E-state index in [-0.39, 0.29) is 23.0 Å². The highest BCUT2D eigenvalue weighted by molar-refractivity contribution is 8.13. The molecule has 1 aromatic carbocycles. The average molecular weight is 417 g/mol. The Hall–Kier alpha value is -2.12. The summed E-state index contributed by atoms with van der Waals surface area (Å²) in [5.41, 5.74) is -0.157. The quantitative estimate of drug-likeness (QED) is 0.494. The van der Waals surface area contributed by atoms with Gasteiger partial charge < -0.3 is 20.3 Å². The molecule has 1 aromatic heterocycles. The molecule has 0 radical (unpaired) electrons. The molecule has 7 heteroatoms. The zero-order valence-electron chi connectivity index (χ0n) is 15.9. The molecule has 2 atom stereocenters. The Morgan fingerprint density at radius 2 is 2.21 bits per heavy atom. The fourth-order valence-electron chi connectivity index (χ4n) is 4.02. The normalized spacial score (nSPS) is 25.4. The van der Waals surface area contributed by atoms with Crippen LogP contribution >= 0.6 is 23.1 Å². The summed E-state index contributed by atoms with van der Waals surface area (Å²) in [5, 5.41) is 27.0. The van der Waals surface area contributed by atoms with Crippen LogP contribution in [0.3, 0.4) is 0 Å². The van der Waals surface area contributed by atoms with Gasteiger partial charge in [0.2, 0.25) is 11.5 Å². The lowest BCUT2D eigenvalue weighted by atomic mass is 9.80. The molecule has 148 valence electrons. The number of amidine groups is 1. The van der Waals surface area contributed by atoms with Crippen molar-refractivity contribution in [3.8, 4) is 17.2 Å². The Balaban J connectivity index is 1.84. The molecule has 5 nitrogen and oxygen atoms in total. The number of hydrogen-bond acceptors (Lipinski definition) is 7. The largest absolute Gasteiger partial charge is 0.504 e. The summed E-state index contributed by atoms with van der Waals surface area (Å²) in [6.07, 6.45) is 3.17. The third-order valence-electron chi connectivity index (χ3n) is 5.02. The van der Waals surface area contributed by atoms with E-state index in [1.165, 1.54) is 10.9 Å². The molecule has 2 unspecified atom stereocenters. The van der Waals surface area contributed by atoms with Crippen molar-refractivity contribution in [2.75, 3.05) is 5.75 Å². The first-order valence-corrected chi connectivity index (χ1v) is 11.1. The summed E-state index contributed by atoms with van der Waals surface area (Å²) in [5.74, 6) is 0.719. The number of nitrogens with one attached hydrogen (secondary N) is 1. The van der Waals surface area contributed by atoms with Crippen molar-refractivity contribution in [1.82, 2.24) is 5.32 Å². The second kappa shape index (κ2) is 7.04. The Morgan fingerprint density at radius 3 is 2.93 bits per heavy atom. The van der Waals surface area contributed by atoms with Crippen molar-refractivity contribution in [2.45, 2.75) is 43.9 Å². The summed E-state index contributed by atoms with van der Waals surface area (Å²) in [6, 6.07) is 7.50. The lowest BCUT2D eigenvalue weighted by Gasteiger charge is -2.47. The number of thioether (sulfide) groups is 1. The second-order valence-corrected chi connectivity index (χ2v) is 9.86. The topological polar surface area (TPSA) is 74.1 Å². The average Bonchev–Trinajstić information content (AvgIpc) is 3.16. The fourth-order valence-corrected chi connectivity index (χ4v) is 5.72. The van der Waals surface area contributed by atoms with E-state index in [1.54, 1.807) is 23.1 Å². The molecule has 2 aliphatic rings. The van der Waals surface area contributed by atoms with Crippen LogP contribution in [0.2, 0.25) is 0 Å². The third-order valence-corrected chi connectivity index (χ3v) is 6.88. The van der Waals surface area contributed by atoms with E-state index in [0.717, 1.165) is 16.5 Å². The number of hydrogen-bond donors (Lipinski definition) is 3. The first-order chi connectivity index (χ1) is 13.3. The summed E-state index contributed by atoms with van der Waals surface area (Å²) < 4.78 is 6.37. The van der Waals surface area contributed by atoms with E-state index in [1.807, 2.05) is 18.2 Å². The van der Waals surface area contributed by atoms with E-state index in [0.29, 0.717) is 18.6 Å². The van der Waals surface area contributed by atoms with Gasteiger partial charge in [-0.25, -0.2) is 4.99 Å². The fraction of sp³-hybridized carbons (Fsp3) is 0.381. The van der Waals surface area contributed by atoms with Crippen molar-refractivity contribution < 1.29 is 14.9 Å². The number of aromatic hydroxyl groups is 2. The Bertz CT molecular complexity index is 924. The second-order valence-electron chi connectivity index (χ2n) is 7.87. The van der Waals surface area contributed by atoms with Gasteiger partial charge in [-0.3, -0.25) is 0 Å². The first-order valence-electron chi connectivity index (χ1n) is 9.21. The highest BCUT2D eigenvalue weighted by Gasteiger charge is 2.49. The predicted octanol–water partition coefficient (Wildman–Crippen LogP) is 4.82. The SMILES string of the molecule is C=CCSC1=NC2(CC(c3cccs3)c3ccc(O)c(O)c3O2)CC(C)(C)N1. The van der Waals surface area contributed by atoms with Gasteiger partial charge in [-0.05, 0) is 31.4 Å². The van der Waals surface area contributed by atoms with Gasteiger partial charge in [-0.2, -0.15) is 0 Å².